The largest absolute Gasteiger partial charge is 0.397 e. The SMILES string of the molecule is CCn1cc(N)cc1C(=O)NC(C)(C)C. The van der Waals surface area contributed by atoms with E-state index in [9.17, 15) is 4.79 Å². The lowest BCUT2D eigenvalue weighted by atomic mass is 10.1. The smallest absolute Gasteiger partial charge is 0.268 e. The molecule has 1 heterocycles. The second kappa shape index (κ2) is 3.96. The molecule has 84 valence electrons. The van der Waals surface area contributed by atoms with E-state index in [4.69, 9.17) is 5.73 Å². The van der Waals surface area contributed by atoms with Crippen LogP contribution in [0.2, 0.25) is 0 Å². The Labute approximate surface area is 90.5 Å². The molecule has 1 aromatic rings. The molecule has 4 nitrogen and oxygen atoms in total. The number of hydrogen-bond donors (Lipinski definition) is 2. The fourth-order valence-corrected chi connectivity index (χ4v) is 1.39. The first-order valence-electron chi connectivity index (χ1n) is 5.11. The lowest BCUT2D eigenvalue weighted by Crippen LogP contribution is -2.41. The van der Waals surface area contributed by atoms with Crippen LogP contribution in [0.5, 0.6) is 0 Å². The van der Waals surface area contributed by atoms with E-state index in [-0.39, 0.29) is 11.4 Å². The van der Waals surface area contributed by atoms with Gasteiger partial charge in [0.15, 0.2) is 0 Å². The number of aryl methyl sites for hydroxylation is 1. The van der Waals surface area contributed by atoms with Gasteiger partial charge in [-0.05, 0) is 33.8 Å². The van der Waals surface area contributed by atoms with Crippen LogP contribution < -0.4 is 11.1 Å². The van der Waals surface area contributed by atoms with Gasteiger partial charge in [-0.15, -0.1) is 0 Å². The first-order chi connectivity index (χ1) is 6.83. The van der Waals surface area contributed by atoms with Crippen LogP contribution in [-0.4, -0.2) is 16.0 Å². The van der Waals surface area contributed by atoms with Gasteiger partial charge in [0, 0.05) is 18.3 Å². The molecular formula is C11H19N3O. The summed E-state index contributed by atoms with van der Waals surface area (Å²) in [6.07, 6.45) is 1.78. The minimum Gasteiger partial charge on any atom is -0.397 e. The number of amides is 1. The highest BCUT2D eigenvalue weighted by Crippen LogP contribution is 2.11. The number of nitrogen functional groups attached to an aromatic ring is 1. The Bertz CT molecular complexity index is 360. The molecule has 3 N–H and O–H groups in total. The molecule has 0 aliphatic heterocycles. The minimum atomic E-state index is -0.227. The molecule has 0 saturated heterocycles. The van der Waals surface area contributed by atoms with Gasteiger partial charge < -0.3 is 15.6 Å². The Kier molecular flexibility index (Phi) is 3.07. The molecule has 0 bridgehead atoms. The molecule has 4 heteroatoms. The number of hydrogen-bond acceptors (Lipinski definition) is 2. The third-order valence-corrected chi connectivity index (χ3v) is 1.98. The third-order valence-electron chi connectivity index (χ3n) is 1.98. The van der Waals surface area contributed by atoms with E-state index in [1.807, 2.05) is 32.3 Å². The number of aromatic nitrogens is 1. The number of carbonyl (C=O) groups is 1. The van der Waals surface area contributed by atoms with E-state index >= 15 is 0 Å². The van der Waals surface area contributed by atoms with Crippen LogP contribution in [0.1, 0.15) is 38.2 Å². The topological polar surface area (TPSA) is 60.0 Å². The van der Waals surface area contributed by atoms with Crippen molar-refractivity contribution in [1.82, 2.24) is 9.88 Å². The molecule has 0 unspecified atom stereocenters. The summed E-state index contributed by atoms with van der Waals surface area (Å²) in [5.74, 6) is -0.0824. The van der Waals surface area contributed by atoms with Crippen molar-refractivity contribution in [3.63, 3.8) is 0 Å². The zero-order valence-corrected chi connectivity index (χ0v) is 9.79. The van der Waals surface area contributed by atoms with Crippen molar-refractivity contribution in [3.05, 3.63) is 18.0 Å². The van der Waals surface area contributed by atoms with E-state index in [1.54, 1.807) is 12.3 Å². The zero-order valence-electron chi connectivity index (χ0n) is 9.79. The van der Waals surface area contributed by atoms with Gasteiger partial charge in [0.05, 0.1) is 5.69 Å². The first-order valence-corrected chi connectivity index (χ1v) is 5.11. The van der Waals surface area contributed by atoms with Crippen LogP contribution in [0.4, 0.5) is 5.69 Å². The highest BCUT2D eigenvalue weighted by atomic mass is 16.2. The molecule has 15 heavy (non-hydrogen) atoms. The Balaban J connectivity index is 2.91. The van der Waals surface area contributed by atoms with Gasteiger partial charge in [-0.1, -0.05) is 0 Å². The maximum Gasteiger partial charge on any atom is 0.268 e. The monoisotopic (exact) mass is 209 g/mol. The summed E-state index contributed by atoms with van der Waals surface area (Å²) >= 11 is 0. The van der Waals surface area contributed by atoms with E-state index < -0.39 is 0 Å². The predicted molar refractivity (Wildman–Crippen MR) is 61.7 cm³/mol. The predicted octanol–water partition coefficient (Wildman–Crippen LogP) is 1.62. The highest BCUT2D eigenvalue weighted by Gasteiger charge is 2.18. The van der Waals surface area contributed by atoms with E-state index in [2.05, 4.69) is 5.32 Å². The van der Waals surface area contributed by atoms with Crippen LogP contribution in [0.25, 0.3) is 0 Å². The fourth-order valence-electron chi connectivity index (χ4n) is 1.39. The number of rotatable bonds is 2. The summed E-state index contributed by atoms with van der Waals surface area (Å²) in [5, 5.41) is 2.91. The highest BCUT2D eigenvalue weighted by molar-refractivity contribution is 5.94. The average molecular weight is 209 g/mol. The van der Waals surface area contributed by atoms with Gasteiger partial charge in [0.25, 0.3) is 5.91 Å². The molecule has 0 spiro atoms. The number of nitrogens with one attached hydrogen (secondary N) is 1. The fraction of sp³-hybridized carbons (Fsp3) is 0.545. The molecule has 0 aliphatic carbocycles. The molecular weight excluding hydrogens is 190 g/mol. The second-order valence-electron chi connectivity index (χ2n) is 4.65. The molecule has 0 atom stereocenters. The van der Waals surface area contributed by atoms with Crippen molar-refractivity contribution >= 4 is 11.6 Å². The maximum absolute atomic E-state index is 11.9. The van der Waals surface area contributed by atoms with E-state index in [1.165, 1.54) is 0 Å². The molecule has 0 radical (unpaired) electrons. The second-order valence-corrected chi connectivity index (χ2v) is 4.65. The van der Waals surface area contributed by atoms with Crippen molar-refractivity contribution in [2.75, 3.05) is 5.73 Å². The van der Waals surface area contributed by atoms with Crippen molar-refractivity contribution in [3.8, 4) is 0 Å². The Hall–Kier alpha value is -1.45. The molecule has 0 aliphatic rings. The van der Waals surface area contributed by atoms with Crippen molar-refractivity contribution in [2.45, 2.75) is 39.8 Å². The summed E-state index contributed by atoms with van der Waals surface area (Å²) in [6, 6.07) is 1.70. The van der Waals surface area contributed by atoms with Crippen molar-refractivity contribution in [1.29, 1.82) is 0 Å². The first kappa shape index (κ1) is 11.6. The Morgan fingerprint density at radius 1 is 1.53 bits per heavy atom. The Morgan fingerprint density at radius 3 is 2.60 bits per heavy atom. The van der Waals surface area contributed by atoms with Gasteiger partial charge in [-0.2, -0.15) is 0 Å². The number of carbonyl (C=O) groups excluding carboxylic acids is 1. The molecule has 0 fully saturated rings. The van der Waals surface area contributed by atoms with Gasteiger partial charge in [0.1, 0.15) is 5.69 Å². The number of nitrogens with two attached hydrogens (primary N) is 1. The quantitative estimate of drug-likeness (QED) is 0.777. The van der Waals surface area contributed by atoms with Gasteiger partial charge in [-0.3, -0.25) is 4.79 Å². The molecule has 1 rings (SSSR count). The molecule has 1 aromatic heterocycles. The van der Waals surface area contributed by atoms with Crippen LogP contribution in [0.15, 0.2) is 12.3 Å². The normalized spacial score (nSPS) is 11.5. The number of anilines is 1. The van der Waals surface area contributed by atoms with E-state index in [0.717, 1.165) is 6.54 Å². The van der Waals surface area contributed by atoms with Gasteiger partial charge in [-0.25, -0.2) is 0 Å². The summed E-state index contributed by atoms with van der Waals surface area (Å²) in [6.45, 7) is 8.58. The van der Waals surface area contributed by atoms with E-state index in [0.29, 0.717) is 11.4 Å². The maximum atomic E-state index is 11.9. The van der Waals surface area contributed by atoms with Crippen molar-refractivity contribution < 1.29 is 4.79 Å². The van der Waals surface area contributed by atoms with Crippen LogP contribution in [-0.2, 0) is 6.54 Å². The van der Waals surface area contributed by atoms with Gasteiger partial charge in [0.2, 0.25) is 0 Å². The summed E-state index contributed by atoms with van der Waals surface area (Å²) in [7, 11) is 0. The lowest BCUT2D eigenvalue weighted by molar-refractivity contribution is 0.0910. The lowest BCUT2D eigenvalue weighted by Gasteiger charge is -2.20. The Morgan fingerprint density at radius 2 is 2.13 bits per heavy atom. The number of nitrogens with zero attached hydrogens (tertiary/aromatic N) is 1. The molecule has 1 amide bonds. The summed E-state index contributed by atoms with van der Waals surface area (Å²) < 4.78 is 1.84. The summed E-state index contributed by atoms with van der Waals surface area (Å²) in [4.78, 5) is 11.9. The summed E-state index contributed by atoms with van der Waals surface area (Å²) in [5.41, 5.74) is 6.67. The third kappa shape index (κ3) is 3.01. The molecule has 0 saturated carbocycles. The van der Waals surface area contributed by atoms with Crippen molar-refractivity contribution in [2.24, 2.45) is 0 Å². The average Bonchev–Trinajstić information content (AvgIpc) is 2.43. The van der Waals surface area contributed by atoms with Crippen LogP contribution in [0.3, 0.4) is 0 Å². The standard InChI is InChI=1S/C11H19N3O/c1-5-14-7-8(12)6-9(14)10(15)13-11(2,3)4/h6-7H,5,12H2,1-4H3,(H,13,15). The molecule has 0 aromatic carbocycles. The van der Waals surface area contributed by atoms with Gasteiger partial charge >= 0.3 is 0 Å². The van der Waals surface area contributed by atoms with Crippen LogP contribution in [0, 0.1) is 0 Å². The minimum absolute atomic E-state index is 0.0824. The zero-order chi connectivity index (χ0) is 11.6. The van der Waals surface area contributed by atoms with Crippen LogP contribution >= 0.6 is 0 Å².